The summed E-state index contributed by atoms with van der Waals surface area (Å²) in [6, 6.07) is -3.42. The van der Waals surface area contributed by atoms with Crippen LogP contribution in [0.2, 0.25) is 0 Å². The Morgan fingerprint density at radius 1 is 0.707 bits per heavy atom. The van der Waals surface area contributed by atoms with E-state index < -0.39 is 105 Å². The molecule has 1 saturated carbocycles. The molecule has 41 heavy (non-hydrogen) atoms. The van der Waals surface area contributed by atoms with Gasteiger partial charge in [0.1, 0.15) is 48.8 Å². The van der Waals surface area contributed by atoms with E-state index in [1.54, 1.807) is 0 Å². The predicted octanol–water partition coefficient (Wildman–Crippen LogP) is -6.45. The smallest absolute Gasteiger partial charge is 0.187 e. The van der Waals surface area contributed by atoms with Gasteiger partial charge in [-0.25, -0.2) is 0 Å². The molecule has 17 heteroatoms. The number of aliphatic hydroxyl groups is 5. The van der Waals surface area contributed by atoms with Gasteiger partial charge in [-0.2, -0.15) is 0 Å². The second-order valence-corrected chi connectivity index (χ2v) is 11.6. The van der Waals surface area contributed by atoms with E-state index in [1.807, 2.05) is 6.92 Å². The number of rotatable bonds is 9. The summed E-state index contributed by atoms with van der Waals surface area (Å²) in [7, 11) is 0. The van der Waals surface area contributed by atoms with E-state index in [0.717, 1.165) is 0 Å². The molecule has 3 heterocycles. The molecule has 0 radical (unpaired) electrons. The van der Waals surface area contributed by atoms with Crippen LogP contribution in [-0.4, -0.2) is 149 Å². The molecule has 17 N–H and O–H groups in total. The normalized spacial score (nSPS) is 52.0. The topological polar surface area (TPSA) is 313 Å². The van der Waals surface area contributed by atoms with Gasteiger partial charge in [0.05, 0.1) is 30.9 Å². The van der Waals surface area contributed by atoms with Gasteiger partial charge in [0, 0.05) is 24.7 Å². The van der Waals surface area contributed by atoms with Crippen molar-refractivity contribution in [2.45, 2.75) is 136 Å². The predicted molar refractivity (Wildman–Crippen MR) is 140 cm³/mol. The molecular formula is C24H48N6O11. The SMILES string of the molecule is CC(N)C1CCC(N)C(OC2C(N)CC(N)C(O)C2OC2OC(CO)C(OC3OC(CN)C(O)C(O)C3N)C2O)O1. The van der Waals surface area contributed by atoms with Crippen LogP contribution in [0.5, 0.6) is 0 Å². The molecule has 0 aromatic carbocycles. The average molecular weight is 597 g/mol. The first-order valence-corrected chi connectivity index (χ1v) is 14.1. The zero-order chi connectivity index (χ0) is 30.2. The third-order valence-electron chi connectivity index (χ3n) is 8.42. The summed E-state index contributed by atoms with van der Waals surface area (Å²) >= 11 is 0. The van der Waals surface area contributed by atoms with E-state index in [-0.39, 0.29) is 25.1 Å². The Bertz CT molecular complexity index is 835. The summed E-state index contributed by atoms with van der Waals surface area (Å²) in [5, 5.41) is 52.5. The van der Waals surface area contributed by atoms with Gasteiger partial charge in [0.2, 0.25) is 0 Å². The fourth-order valence-electron chi connectivity index (χ4n) is 5.83. The highest BCUT2D eigenvalue weighted by molar-refractivity contribution is 5.01. The summed E-state index contributed by atoms with van der Waals surface area (Å²) in [6.45, 7) is 1.09. The minimum Gasteiger partial charge on any atom is -0.394 e. The Hall–Kier alpha value is -0.680. The lowest BCUT2D eigenvalue weighted by Crippen LogP contribution is -2.65. The van der Waals surface area contributed by atoms with E-state index in [1.165, 1.54) is 0 Å². The van der Waals surface area contributed by atoms with Gasteiger partial charge < -0.3 is 88.4 Å². The van der Waals surface area contributed by atoms with Crippen molar-refractivity contribution >= 4 is 0 Å². The maximum Gasteiger partial charge on any atom is 0.187 e. The van der Waals surface area contributed by atoms with Crippen LogP contribution < -0.4 is 34.4 Å². The molecule has 1 aliphatic carbocycles. The molecule has 0 bridgehead atoms. The van der Waals surface area contributed by atoms with Crippen LogP contribution >= 0.6 is 0 Å². The molecule has 0 amide bonds. The monoisotopic (exact) mass is 596 g/mol. The molecule has 3 aliphatic heterocycles. The third kappa shape index (κ3) is 7.02. The molecule has 17 nitrogen and oxygen atoms in total. The number of hydrogen-bond donors (Lipinski definition) is 11. The molecule has 18 atom stereocenters. The third-order valence-corrected chi connectivity index (χ3v) is 8.42. The Morgan fingerprint density at radius 2 is 1.34 bits per heavy atom. The van der Waals surface area contributed by atoms with Gasteiger partial charge in [0.25, 0.3) is 0 Å². The van der Waals surface area contributed by atoms with E-state index in [4.69, 9.17) is 62.8 Å². The van der Waals surface area contributed by atoms with E-state index in [9.17, 15) is 25.5 Å². The minimum atomic E-state index is -1.53. The summed E-state index contributed by atoms with van der Waals surface area (Å²) < 4.78 is 35.4. The van der Waals surface area contributed by atoms with Gasteiger partial charge >= 0.3 is 0 Å². The van der Waals surface area contributed by atoms with Crippen molar-refractivity contribution in [1.82, 2.24) is 0 Å². The second-order valence-electron chi connectivity index (χ2n) is 11.6. The Morgan fingerprint density at radius 3 is 1.98 bits per heavy atom. The maximum atomic E-state index is 11.1. The second kappa shape index (κ2) is 14.0. The van der Waals surface area contributed by atoms with Gasteiger partial charge in [-0.3, -0.25) is 0 Å². The van der Waals surface area contributed by atoms with Crippen LogP contribution in [0.25, 0.3) is 0 Å². The summed E-state index contributed by atoms with van der Waals surface area (Å²) in [4.78, 5) is 0. The minimum absolute atomic E-state index is 0.134. The van der Waals surface area contributed by atoms with Crippen molar-refractivity contribution in [3.05, 3.63) is 0 Å². The molecule has 0 aromatic rings. The molecular weight excluding hydrogens is 548 g/mol. The molecule has 0 spiro atoms. The molecule has 240 valence electrons. The highest BCUT2D eigenvalue weighted by Gasteiger charge is 2.53. The highest BCUT2D eigenvalue weighted by atomic mass is 16.8. The van der Waals surface area contributed by atoms with Crippen molar-refractivity contribution in [1.29, 1.82) is 0 Å². The number of aliphatic hydroxyl groups excluding tert-OH is 5. The fraction of sp³-hybridized carbons (Fsp3) is 1.00. The van der Waals surface area contributed by atoms with Gasteiger partial charge in [0.15, 0.2) is 18.9 Å². The lowest BCUT2D eigenvalue weighted by molar-refractivity contribution is -0.290. The van der Waals surface area contributed by atoms with Crippen molar-refractivity contribution in [2.75, 3.05) is 13.2 Å². The quantitative estimate of drug-likeness (QED) is 0.118. The van der Waals surface area contributed by atoms with E-state index >= 15 is 0 Å². The summed E-state index contributed by atoms with van der Waals surface area (Å²) in [6.07, 6.45) is -13.5. The van der Waals surface area contributed by atoms with E-state index in [0.29, 0.717) is 12.8 Å². The van der Waals surface area contributed by atoms with Crippen LogP contribution in [0.1, 0.15) is 26.2 Å². The van der Waals surface area contributed by atoms with Crippen molar-refractivity contribution in [2.24, 2.45) is 34.4 Å². The summed E-state index contributed by atoms with van der Waals surface area (Å²) in [5.41, 5.74) is 36.4. The Balaban J connectivity index is 1.48. The Labute approximate surface area is 238 Å². The van der Waals surface area contributed by atoms with Crippen molar-refractivity contribution in [3.8, 4) is 0 Å². The Kier molecular flexibility index (Phi) is 11.3. The van der Waals surface area contributed by atoms with Crippen molar-refractivity contribution in [3.63, 3.8) is 0 Å². The van der Waals surface area contributed by atoms with Gasteiger partial charge in [-0.15, -0.1) is 0 Å². The molecule has 4 aliphatic rings. The lowest BCUT2D eigenvalue weighted by Gasteiger charge is -2.46. The molecule has 3 saturated heterocycles. The number of nitrogens with two attached hydrogens (primary N) is 6. The number of hydrogen-bond acceptors (Lipinski definition) is 17. The van der Waals surface area contributed by atoms with Crippen LogP contribution in [0.3, 0.4) is 0 Å². The first-order chi connectivity index (χ1) is 19.4. The molecule has 18 unspecified atom stereocenters. The summed E-state index contributed by atoms with van der Waals surface area (Å²) in [5.74, 6) is 0. The first kappa shape index (κ1) is 33.2. The van der Waals surface area contributed by atoms with Crippen LogP contribution in [0.4, 0.5) is 0 Å². The highest BCUT2D eigenvalue weighted by Crippen LogP contribution is 2.34. The standard InChI is InChI=1S/C24H48N6O11/c1-7(26)11-3-2-8(27)22(36-11)39-19-10(29)4-9(28)15(32)21(19)41-24-18(35)20(13(6-31)38-24)40-23-14(30)17(34)16(33)12(5-25)37-23/h7-24,31-35H,2-6,25-30H2,1H3. The van der Waals surface area contributed by atoms with Crippen molar-refractivity contribution < 1.29 is 54.0 Å². The van der Waals surface area contributed by atoms with Gasteiger partial charge in [-0.1, -0.05) is 0 Å². The zero-order valence-corrected chi connectivity index (χ0v) is 23.1. The molecule has 4 fully saturated rings. The van der Waals surface area contributed by atoms with Crippen LogP contribution in [0, 0.1) is 0 Å². The van der Waals surface area contributed by atoms with Crippen LogP contribution in [-0.2, 0) is 28.4 Å². The maximum absolute atomic E-state index is 11.1. The molecule has 4 rings (SSSR count). The van der Waals surface area contributed by atoms with Gasteiger partial charge in [-0.05, 0) is 26.2 Å². The van der Waals surface area contributed by atoms with E-state index in [2.05, 4.69) is 0 Å². The molecule has 0 aromatic heterocycles. The first-order valence-electron chi connectivity index (χ1n) is 14.1. The average Bonchev–Trinajstić information content (AvgIpc) is 3.23. The lowest BCUT2D eigenvalue weighted by atomic mass is 9.84. The van der Waals surface area contributed by atoms with Crippen LogP contribution in [0.15, 0.2) is 0 Å². The fourth-order valence-corrected chi connectivity index (χ4v) is 5.83. The largest absolute Gasteiger partial charge is 0.394 e. The zero-order valence-electron chi connectivity index (χ0n) is 23.1. The number of ether oxygens (including phenoxy) is 6.